The Morgan fingerprint density at radius 1 is 1.00 bits per heavy atom. The quantitative estimate of drug-likeness (QED) is 0.804. The van der Waals surface area contributed by atoms with Crippen molar-refractivity contribution in [1.82, 2.24) is 14.5 Å². The highest BCUT2D eigenvalue weighted by molar-refractivity contribution is 7.89. The van der Waals surface area contributed by atoms with Gasteiger partial charge in [0.2, 0.25) is 15.9 Å². The second kappa shape index (κ2) is 8.86. The van der Waals surface area contributed by atoms with E-state index < -0.39 is 10.0 Å². The zero-order chi connectivity index (χ0) is 20.1. The molecule has 150 valence electrons. The smallest absolute Gasteiger partial charge is 0.243 e. The largest absolute Gasteiger partial charge is 0.351 e. The lowest BCUT2D eigenvalue weighted by atomic mass is 10.1. The molecule has 1 aliphatic heterocycles. The fraction of sp³-hybridized carbons (Fsp3) is 0.381. The Morgan fingerprint density at radius 3 is 2.21 bits per heavy atom. The van der Waals surface area contributed by atoms with Crippen LogP contribution >= 0.6 is 0 Å². The number of carbonyl (C=O) groups excluding carboxylic acids is 1. The number of carbonyl (C=O) groups is 1. The number of piperazine rings is 1. The second-order valence-corrected chi connectivity index (χ2v) is 9.07. The average Bonchev–Trinajstić information content (AvgIpc) is 2.73. The Labute approximate surface area is 167 Å². The summed E-state index contributed by atoms with van der Waals surface area (Å²) < 4.78 is 26.9. The van der Waals surface area contributed by atoms with Crippen LogP contribution < -0.4 is 5.32 Å². The van der Waals surface area contributed by atoms with Crippen molar-refractivity contribution in [1.29, 1.82) is 0 Å². The van der Waals surface area contributed by atoms with Crippen LogP contribution in [0.1, 0.15) is 18.1 Å². The van der Waals surface area contributed by atoms with Crippen molar-refractivity contribution in [3.8, 4) is 0 Å². The molecule has 2 aromatic carbocycles. The molecule has 6 nitrogen and oxygen atoms in total. The molecule has 0 spiro atoms. The highest BCUT2D eigenvalue weighted by Crippen LogP contribution is 2.18. The highest BCUT2D eigenvalue weighted by atomic mass is 32.2. The summed E-state index contributed by atoms with van der Waals surface area (Å²) in [6.07, 6.45) is 0. The van der Waals surface area contributed by atoms with Crippen molar-refractivity contribution in [3.63, 3.8) is 0 Å². The zero-order valence-electron chi connectivity index (χ0n) is 16.3. The lowest BCUT2D eigenvalue weighted by molar-refractivity contribution is -0.126. The number of sulfonamides is 1. The molecule has 7 heteroatoms. The van der Waals surface area contributed by atoms with Gasteiger partial charge in [-0.05, 0) is 31.5 Å². The molecule has 1 aliphatic rings. The Balaban J connectivity index is 1.52. The van der Waals surface area contributed by atoms with E-state index in [4.69, 9.17) is 0 Å². The normalized spacial score (nSPS) is 17.2. The number of aryl methyl sites for hydroxylation is 1. The number of hydrogen-bond donors (Lipinski definition) is 1. The topological polar surface area (TPSA) is 69.7 Å². The molecule has 1 N–H and O–H groups in total. The third-order valence-corrected chi connectivity index (χ3v) is 7.08. The number of amides is 1. The number of nitrogens with zero attached hydrogens (tertiary/aromatic N) is 2. The third-order valence-electron chi connectivity index (χ3n) is 5.17. The van der Waals surface area contributed by atoms with Crippen molar-refractivity contribution in [3.05, 3.63) is 65.7 Å². The maximum Gasteiger partial charge on any atom is 0.243 e. The van der Waals surface area contributed by atoms with Gasteiger partial charge in [-0.3, -0.25) is 9.69 Å². The molecule has 0 aliphatic carbocycles. The first-order valence-electron chi connectivity index (χ1n) is 9.50. The number of benzene rings is 2. The predicted molar refractivity (Wildman–Crippen MR) is 109 cm³/mol. The molecule has 1 saturated heterocycles. The maximum absolute atomic E-state index is 12.7. The van der Waals surface area contributed by atoms with Crippen LogP contribution in [0.25, 0.3) is 0 Å². The van der Waals surface area contributed by atoms with Gasteiger partial charge in [0.15, 0.2) is 0 Å². The molecule has 0 radical (unpaired) electrons. The van der Waals surface area contributed by atoms with Gasteiger partial charge in [-0.15, -0.1) is 0 Å². The van der Waals surface area contributed by atoms with E-state index >= 15 is 0 Å². The van der Waals surface area contributed by atoms with Crippen LogP contribution in [0.3, 0.4) is 0 Å². The molecule has 1 amide bonds. The van der Waals surface area contributed by atoms with Crippen LogP contribution in [0.4, 0.5) is 0 Å². The van der Waals surface area contributed by atoms with E-state index in [0.29, 0.717) is 37.6 Å². The van der Waals surface area contributed by atoms with E-state index in [1.54, 1.807) is 30.3 Å². The van der Waals surface area contributed by atoms with Gasteiger partial charge in [0, 0.05) is 32.7 Å². The molecule has 1 fully saturated rings. The summed E-state index contributed by atoms with van der Waals surface area (Å²) in [7, 11) is -3.48. The van der Waals surface area contributed by atoms with Crippen molar-refractivity contribution in [2.75, 3.05) is 26.2 Å². The SMILES string of the molecule is Cc1ccc(CNC(=O)[C@H](C)N2CCN(S(=O)(=O)c3ccccc3)CC2)cc1. The molecule has 0 bridgehead atoms. The number of rotatable bonds is 6. The van der Waals surface area contributed by atoms with Crippen LogP contribution in [0, 0.1) is 6.92 Å². The molecule has 0 aromatic heterocycles. The summed E-state index contributed by atoms with van der Waals surface area (Å²) in [5, 5.41) is 2.97. The van der Waals surface area contributed by atoms with E-state index in [-0.39, 0.29) is 11.9 Å². The van der Waals surface area contributed by atoms with E-state index in [0.717, 1.165) is 5.56 Å². The highest BCUT2D eigenvalue weighted by Gasteiger charge is 2.31. The molecule has 0 unspecified atom stereocenters. The lowest BCUT2D eigenvalue weighted by Crippen LogP contribution is -2.54. The minimum Gasteiger partial charge on any atom is -0.351 e. The fourth-order valence-electron chi connectivity index (χ4n) is 3.28. The number of hydrogen-bond acceptors (Lipinski definition) is 4. The van der Waals surface area contributed by atoms with Crippen LogP contribution in [-0.4, -0.2) is 55.8 Å². The van der Waals surface area contributed by atoms with Crippen molar-refractivity contribution >= 4 is 15.9 Å². The molecule has 1 atom stereocenters. The van der Waals surface area contributed by atoms with E-state index in [1.807, 2.05) is 43.0 Å². The average molecular weight is 402 g/mol. The standard InChI is InChI=1S/C21H27N3O3S/c1-17-8-10-19(11-9-17)16-22-21(25)18(2)23-12-14-24(15-13-23)28(26,27)20-6-4-3-5-7-20/h3-11,18H,12-16H2,1-2H3,(H,22,25)/t18-/m0/s1. The summed E-state index contributed by atoms with van der Waals surface area (Å²) in [6.45, 7) is 6.22. The first-order chi connectivity index (χ1) is 13.4. The first kappa shape index (κ1) is 20.5. The third kappa shape index (κ3) is 4.79. The maximum atomic E-state index is 12.7. The summed E-state index contributed by atoms with van der Waals surface area (Å²) >= 11 is 0. The Kier molecular flexibility index (Phi) is 6.49. The molecule has 0 saturated carbocycles. The summed E-state index contributed by atoms with van der Waals surface area (Å²) in [5.41, 5.74) is 2.25. The summed E-state index contributed by atoms with van der Waals surface area (Å²) in [4.78, 5) is 14.8. The predicted octanol–water partition coefficient (Wildman–Crippen LogP) is 2.01. The zero-order valence-corrected chi connectivity index (χ0v) is 17.2. The second-order valence-electron chi connectivity index (χ2n) is 7.13. The summed E-state index contributed by atoms with van der Waals surface area (Å²) in [5.74, 6) is -0.0417. The minimum absolute atomic E-state index is 0.0417. The molecular formula is C21H27N3O3S. The van der Waals surface area contributed by atoms with Crippen LogP contribution in [0.2, 0.25) is 0 Å². The van der Waals surface area contributed by atoms with Crippen molar-refractivity contribution in [2.24, 2.45) is 0 Å². The van der Waals surface area contributed by atoms with Crippen LogP contribution in [-0.2, 0) is 21.4 Å². The van der Waals surface area contributed by atoms with Crippen LogP contribution in [0.5, 0.6) is 0 Å². The molecule has 3 rings (SSSR count). The van der Waals surface area contributed by atoms with Gasteiger partial charge >= 0.3 is 0 Å². The Morgan fingerprint density at radius 2 is 1.61 bits per heavy atom. The molecule has 2 aromatic rings. The Hall–Kier alpha value is -2.22. The van der Waals surface area contributed by atoms with Gasteiger partial charge in [0.05, 0.1) is 10.9 Å². The minimum atomic E-state index is -3.48. The van der Waals surface area contributed by atoms with E-state index in [9.17, 15) is 13.2 Å². The van der Waals surface area contributed by atoms with Crippen molar-refractivity contribution < 1.29 is 13.2 Å². The van der Waals surface area contributed by atoms with Gasteiger partial charge in [-0.1, -0.05) is 48.0 Å². The van der Waals surface area contributed by atoms with E-state index in [1.165, 1.54) is 9.87 Å². The molecule has 28 heavy (non-hydrogen) atoms. The van der Waals surface area contributed by atoms with Gasteiger partial charge in [0.1, 0.15) is 0 Å². The van der Waals surface area contributed by atoms with Crippen molar-refractivity contribution in [2.45, 2.75) is 31.3 Å². The van der Waals surface area contributed by atoms with Gasteiger partial charge in [0.25, 0.3) is 0 Å². The number of nitrogens with one attached hydrogen (secondary N) is 1. The van der Waals surface area contributed by atoms with Crippen LogP contribution in [0.15, 0.2) is 59.5 Å². The summed E-state index contributed by atoms with van der Waals surface area (Å²) in [6, 6.07) is 16.2. The van der Waals surface area contributed by atoms with Gasteiger partial charge in [-0.25, -0.2) is 8.42 Å². The molecular weight excluding hydrogens is 374 g/mol. The Bertz CT molecular complexity index is 890. The molecule has 1 heterocycles. The lowest BCUT2D eigenvalue weighted by Gasteiger charge is -2.36. The van der Waals surface area contributed by atoms with Gasteiger partial charge in [-0.2, -0.15) is 4.31 Å². The fourth-order valence-corrected chi connectivity index (χ4v) is 4.72. The van der Waals surface area contributed by atoms with E-state index in [2.05, 4.69) is 5.32 Å². The monoisotopic (exact) mass is 401 g/mol. The van der Waals surface area contributed by atoms with Gasteiger partial charge < -0.3 is 5.32 Å². The first-order valence-corrected chi connectivity index (χ1v) is 10.9.